The summed E-state index contributed by atoms with van der Waals surface area (Å²) in [6, 6.07) is 7.15. The molecule has 0 unspecified atom stereocenters. The number of benzene rings is 1. The molecule has 4 nitrogen and oxygen atoms in total. The lowest BCUT2D eigenvalue weighted by Crippen LogP contribution is -2.55. The van der Waals surface area contributed by atoms with E-state index in [1.165, 1.54) is 4.90 Å². The van der Waals surface area contributed by atoms with Crippen LogP contribution in [0.1, 0.15) is 24.2 Å². The molecule has 16 heavy (non-hydrogen) atoms. The molecule has 1 heterocycles. The molecule has 0 spiro atoms. The summed E-state index contributed by atoms with van der Waals surface area (Å²) in [7, 11) is 0. The maximum absolute atomic E-state index is 12.2. The average Bonchev–Trinajstić information content (AvgIpc) is 2.23. The van der Waals surface area contributed by atoms with Crippen molar-refractivity contribution in [2.24, 2.45) is 0 Å². The average molecular weight is 221 g/mol. The van der Waals surface area contributed by atoms with E-state index < -0.39 is 5.72 Å². The molecule has 0 fully saturated rings. The van der Waals surface area contributed by atoms with E-state index in [0.717, 1.165) is 0 Å². The van der Waals surface area contributed by atoms with E-state index in [1.807, 2.05) is 19.9 Å². The van der Waals surface area contributed by atoms with Crippen LogP contribution < -0.4 is 4.74 Å². The van der Waals surface area contributed by atoms with E-state index in [1.54, 1.807) is 18.2 Å². The van der Waals surface area contributed by atoms with Gasteiger partial charge in [-0.25, -0.2) is 0 Å². The zero-order valence-corrected chi connectivity index (χ0v) is 9.43. The second kappa shape index (κ2) is 3.79. The summed E-state index contributed by atoms with van der Waals surface area (Å²) in [4.78, 5) is 13.7. The predicted molar refractivity (Wildman–Crippen MR) is 59.3 cm³/mol. The highest BCUT2D eigenvalue weighted by molar-refractivity contribution is 5.98. The van der Waals surface area contributed by atoms with E-state index in [9.17, 15) is 4.79 Å². The molecule has 0 saturated heterocycles. The number of carbonyl (C=O) groups is 1. The van der Waals surface area contributed by atoms with Gasteiger partial charge < -0.3 is 9.84 Å². The molecule has 0 aliphatic carbocycles. The number of ether oxygens (including phenoxy) is 1. The van der Waals surface area contributed by atoms with Crippen molar-refractivity contribution < 1.29 is 14.6 Å². The molecule has 1 aromatic rings. The highest BCUT2D eigenvalue weighted by Crippen LogP contribution is 2.32. The zero-order chi connectivity index (χ0) is 11.8. The quantitative estimate of drug-likeness (QED) is 0.817. The summed E-state index contributed by atoms with van der Waals surface area (Å²) in [6.07, 6.45) is 0. The first-order valence-corrected chi connectivity index (χ1v) is 5.27. The van der Waals surface area contributed by atoms with E-state index in [4.69, 9.17) is 9.84 Å². The molecule has 1 aliphatic rings. The van der Waals surface area contributed by atoms with Crippen LogP contribution >= 0.6 is 0 Å². The highest BCUT2D eigenvalue weighted by atomic mass is 16.5. The Balaban J connectivity index is 2.43. The van der Waals surface area contributed by atoms with Crippen LogP contribution in [-0.2, 0) is 0 Å². The van der Waals surface area contributed by atoms with Gasteiger partial charge in [-0.15, -0.1) is 0 Å². The van der Waals surface area contributed by atoms with Gasteiger partial charge in [0.05, 0.1) is 12.2 Å². The first kappa shape index (κ1) is 11.0. The minimum Gasteiger partial charge on any atom is -0.468 e. The van der Waals surface area contributed by atoms with Crippen molar-refractivity contribution in [2.75, 3.05) is 13.2 Å². The molecule has 0 saturated carbocycles. The summed E-state index contributed by atoms with van der Waals surface area (Å²) < 4.78 is 5.75. The van der Waals surface area contributed by atoms with Crippen molar-refractivity contribution in [3.8, 4) is 5.75 Å². The van der Waals surface area contributed by atoms with Crippen molar-refractivity contribution in [3.05, 3.63) is 29.8 Å². The Morgan fingerprint density at radius 2 is 2.06 bits per heavy atom. The van der Waals surface area contributed by atoms with Crippen molar-refractivity contribution in [1.82, 2.24) is 4.90 Å². The van der Waals surface area contributed by atoms with Gasteiger partial charge in [0.15, 0.2) is 5.72 Å². The standard InChI is InChI=1S/C12H15NO3/c1-12(2)13(7-8-14)11(15)9-5-3-4-6-10(9)16-12/h3-6,14H,7-8H2,1-2H3. The first-order chi connectivity index (χ1) is 7.56. The Morgan fingerprint density at radius 1 is 1.38 bits per heavy atom. The molecule has 0 bridgehead atoms. The number of fused-ring (bicyclic) bond motifs is 1. The molecular weight excluding hydrogens is 206 g/mol. The number of carbonyl (C=O) groups excluding carboxylic acids is 1. The van der Waals surface area contributed by atoms with Crippen molar-refractivity contribution in [1.29, 1.82) is 0 Å². The molecule has 0 atom stereocenters. The van der Waals surface area contributed by atoms with Crippen LogP contribution in [0.3, 0.4) is 0 Å². The maximum Gasteiger partial charge on any atom is 0.260 e. The molecule has 1 amide bonds. The number of para-hydroxylation sites is 1. The molecule has 1 aliphatic heterocycles. The fourth-order valence-electron chi connectivity index (χ4n) is 1.92. The van der Waals surface area contributed by atoms with Gasteiger partial charge in [-0.05, 0) is 26.0 Å². The number of hydrogen-bond donors (Lipinski definition) is 1. The number of hydrogen-bond acceptors (Lipinski definition) is 3. The van der Waals surface area contributed by atoms with Crippen LogP contribution in [0.2, 0.25) is 0 Å². The minimum atomic E-state index is -0.714. The second-order valence-corrected chi connectivity index (χ2v) is 4.23. The van der Waals surface area contributed by atoms with Crippen LogP contribution in [0, 0.1) is 0 Å². The maximum atomic E-state index is 12.2. The highest BCUT2D eigenvalue weighted by Gasteiger charge is 2.38. The topological polar surface area (TPSA) is 49.8 Å². The van der Waals surface area contributed by atoms with Crippen LogP contribution in [0.5, 0.6) is 5.75 Å². The third-order valence-electron chi connectivity index (χ3n) is 2.70. The summed E-state index contributed by atoms with van der Waals surface area (Å²) in [5.41, 5.74) is -0.163. The fourth-order valence-corrected chi connectivity index (χ4v) is 1.92. The fraction of sp³-hybridized carbons (Fsp3) is 0.417. The molecule has 4 heteroatoms. The summed E-state index contributed by atoms with van der Waals surface area (Å²) in [5.74, 6) is 0.507. The normalized spacial score (nSPS) is 17.9. The first-order valence-electron chi connectivity index (χ1n) is 5.27. The molecule has 1 N–H and O–H groups in total. The molecule has 0 aromatic heterocycles. The van der Waals surface area contributed by atoms with Gasteiger partial charge in [-0.3, -0.25) is 9.69 Å². The number of nitrogens with zero attached hydrogens (tertiary/aromatic N) is 1. The second-order valence-electron chi connectivity index (χ2n) is 4.23. The summed E-state index contributed by atoms with van der Waals surface area (Å²) in [5, 5.41) is 8.97. The minimum absolute atomic E-state index is 0.0688. The SMILES string of the molecule is CC1(C)Oc2ccccc2C(=O)N1CCO. The van der Waals surface area contributed by atoms with E-state index in [2.05, 4.69) is 0 Å². The number of β-amino-alcohol motifs (C(OH)–C–C–N with tert-alkyl or cyclic N) is 1. The number of amides is 1. The van der Waals surface area contributed by atoms with Crippen LogP contribution in [0.15, 0.2) is 24.3 Å². The third kappa shape index (κ3) is 1.65. The largest absolute Gasteiger partial charge is 0.468 e. The van der Waals surface area contributed by atoms with Crippen LogP contribution in [-0.4, -0.2) is 34.8 Å². The van der Waals surface area contributed by atoms with Crippen LogP contribution in [0.4, 0.5) is 0 Å². The lowest BCUT2D eigenvalue weighted by atomic mass is 10.1. The van der Waals surface area contributed by atoms with Crippen LogP contribution in [0.25, 0.3) is 0 Å². The molecular formula is C12H15NO3. The number of aliphatic hydroxyl groups is 1. The van der Waals surface area contributed by atoms with Gasteiger partial charge in [0, 0.05) is 6.54 Å². The van der Waals surface area contributed by atoms with E-state index in [-0.39, 0.29) is 19.1 Å². The summed E-state index contributed by atoms with van der Waals surface area (Å²) in [6.45, 7) is 3.84. The van der Waals surface area contributed by atoms with Gasteiger partial charge in [0.2, 0.25) is 0 Å². The molecule has 2 rings (SSSR count). The van der Waals surface area contributed by atoms with E-state index >= 15 is 0 Å². The molecule has 86 valence electrons. The smallest absolute Gasteiger partial charge is 0.260 e. The molecule has 1 aromatic carbocycles. The number of rotatable bonds is 2. The lowest BCUT2D eigenvalue weighted by Gasteiger charge is -2.42. The predicted octanol–water partition coefficient (Wildman–Crippen LogP) is 1.25. The third-order valence-corrected chi connectivity index (χ3v) is 2.70. The number of aliphatic hydroxyl groups excluding tert-OH is 1. The molecule has 0 radical (unpaired) electrons. The Bertz CT molecular complexity index is 414. The van der Waals surface area contributed by atoms with Crippen molar-refractivity contribution in [3.63, 3.8) is 0 Å². The van der Waals surface area contributed by atoms with Gasteiger partial charge in [-0.2, -0.15) is 0 Å². The Morgan fingerprint density at radius 3 is 2.75 bits per heavy atom. The van der Waals surface area contributed by atoms with Gasteiger partial charge in [0.25, 0.3) is 5.91 Å². The lowest BCUT2D eigenvalue weighted by molar-refractivity contribution is -0.0542. The zero-order valence-electron chi connectivity index (χ0n) is 9.43. The Labute approximate surface area is 94.4 Å². The van der Waals surface area contributed by atoms with Gasteiger partial charge in [-0.1, -0.05) is 12.1 Å². The Kier molecular flexibility index (Phi) is 2.59. The summed E-state index contributed by atoms with van der Waals surface area (Å²) >= 11 is 0. The Hall–Kier alpha value is -1.55. The van der Waals surface area contributed by atoms with Crippen molar-refractivity contribution >= 4 is 5.91 Å². The van der Waals surface area contributed by atoms with Gasteiger partial charge in [0.1, 0.15) is 5.75 Å². The van der Waals surface area contributed by atoms with Crippen molar-refractivity contribution in [2.45, 2.75) is 19.6 Å². The monoisotopic (exact) mass is 221 g/mol. The van der Waals surface area contributed by atoms with Gasteiger partial charge >= 0.3 is 0 Å². The van der Waals surface area contributed by atoms with E-state index in [0.29, 0.717) is 11.3 Å².